The average Bonchev–Trinajstić information content (AvgIpc) is 2.80. The number of rotatable bonds is 4. The van der Waals surface area contributed by atoms with Crippen molar-refractivity contribution in [1.29, 1.82) is 0 Å². The summed E-state index contributed by atoms with van der Waals surface area (Å²) in [6.45, 7) is 2.17. The number of thiophene rings is 1. The molecule has 1 aromatic rings. The van der Waals surface area contributed by atoms with Gasteiger partial charge in [-0.2, -0.15) is 0 Å². The predicted molar refractivity (Wildman–Crippen MR) is 68.7 cm³/mol. The first-order valence-corrected chi connectivity index (χ1v) is 8.52. The number of unbranched alkanes of at least 4 members (excludes halogenated alkanes) is 1. The van der Waals surface area contributed by atoms with E-state index in [1.807, 2.05) is 5.38 Å². The molecule has 1 fully saturated rings. The Bertz CT molecular complexity index is 445. The minimum Gasteiger partial charge on any atom is -0.228 e. The molecule has 2 heterocycles. The SMILES string of the molecule is CCCCc1ccsc1C1CCCS1(=O)=O. The van der Waals surface area contributed by atoms with Crippen molar-refractivity contribution in [1.82, 2.24) is 0 Å². The third-order valence-corrected chi connectivity index (χ3v) is 6.62. The molecule has 1 atom stereocenters. The molecule has 0 aromatic carbocycles. The lowest BCUT2D eigenvalue weighted by atomic mass is 10.1. The van der Waals surface area contributed by atoms with Crippen LogP contribution in [0.25, 0.3) is 0 Å². The van der Waals surface area contributed by atoms with Gasteiger partial charge in [0.15, 0.2) is 9.84 Å². The molecule has 0 saturated carbocycles. The monoisotopic (exact) mass is 258 g/mol. The standard InChI is InChI=1S/C12H18O2S2/c1-2-3-5-10-7-8-15-12(10)11-6-4-9-16(11,13)14/h7-8,11H,2-6,9H2,1H3. The maximum absolute atomic E-state index is 11.9. The molecule has 2 rings (SSSR count). The fourth-order valence-corrected chi connectivity index (χ4v) is 5.72. The summed E-state index contributed by atoms with van der Waals surface area (Å²) in [5.74, 6) is 0.378. The smallest absolute Gasteiger partial charge is 0.158 e. The van der Waals surface area contributed by atoms with Gasteiger partial charge in [0, 0.05) is 4.88 Å². The Balaban J connectivity index is 2.23. The van der Waals surface area contributed by atoms with E-state index in [4.69, 9.17) is 0 Å². The first-order chi connectivity index (χ1) is 7.65. The van der Waals surface area contributed by atoms with Crippen molar-refractivity contribution in [3.05, 3.63) is 21.9 Å². The van der Waals surface area contributed by atoms with Crippen molar-refractivity contribution in [2.45, 2.75) is 44.3 Å². The van der Waals surface area contributed by atoms with Crippen LogP contribution in [0.4, 0.5) is 0 Å². The topological polar surface area (TPSA) is 34.1 Å². The van der Waals surface area contributed by atoms with Crippen LogP contribution in [0.2, 0.25) is 0 Å². The van der Waals surface area contributed by atoms with Gasteiger partial charge in [-0.05, 0) is 42.7 Å². The second-order valence-electron chi connectivity index (χ2n) is 4.41. The Kier molecular flexibility index (Phi) is 3.70. The van der Waals surface area contributed by atoms with Crippen LogP contribution in [0.5, 0.6) is 0 Å². The Hall–Kier alpha value is -0.350. The van der Waals surface area contributed by atoms with Crippen LogP contribution in [0.15, 0.2) is 11.4 Å². The van der Waals surface area contributed by atoms with Gasteiger partial charge in [0.25, 0.3) is 0 Å². The molecular weight excluding hydrogens is 240 g/mol. The minimum absolute atomic E-state index is 0.195. The zero-order chi connectivity index (χ0) is 11.6. The van der Waals surface area contributed by atoms with Crippen LogP contribution < -0.4 is 0 Å². The summed E-state index contributed by atoms with van der Waals surface area (Å²) in [4.78, 5) is 1.12. The van der Waals surface area contributed by atoms with E-state index in [0.29, 0.717) is 5.75 Å². The molecule has 2 nitrogen and oxygen atoms in total. The quantitative estimate of drug-likeness (QED) is 0.830. The molecule has 1 aliphatic rings. The second-order valence-corrected chi connectivity index (χ2v) is 7.66. The highest BCUT2D eigenvalue weighted by molar-refractivity contribution is 7.92. The lowest BCUT2D eigenvalue weighted by Crippen LogP contribution is -2.08. The van der Waals surface area contributed by atoms with E-state index in [1.54, 1.807) is 11.3 Å². The maximum atomic E-state index is 11.9. The fraction of sp³-hybridized carbons (Fsp3) is 0.667. The normalized spacial score (nSPS) is 23.7. The van der Waals surface area contributed by atoms with Gasteiger partial charge in [-0.25, -0.2) is 8.42 Å². The van der Waals surface area contributed by atoms with Crippen LogP contribution >= 0.6 is 11.3 Å². The molecule has 0 aliphatic carbocycles. The van der Waals surface area contributed by atoms with E-state index in [9.17, 15) is 8.42 Å². The highest BCUT2D eigenvalue weighted by Crippen LogP contribution is 2.39. The molecular formula is C12H18O2S2. The summed E-state index contributed by atoms with van der Waals surface area (Å²) >= 11 is 1.62. The van der Waals surface area contributed by atoms with Crippen molar-refractivity contribution in [2.24, 2.45) is 0 Å². The first kappa shape index (κ1) is 12.1. The zero-order valence-electron chi connectivity index (χ0n) is 9.61. The molecule has 16 heavy (non-hydrogen) atoms. The van der Waals surface area contributed by atoms with Gasteiger partial charge in [0.1, 0.15) is 0 Å². The Labute approximate surface area is 102 Å². The molecule has 0 bridgehead atoms. The molecule has 0 radical (unpaired) electrons. The van der Waals surface area contributed by atoms with Gasteiger partial charge < -0.3 is 0 Å². The zero-order valence-corrected chi connectivity index (χ0v) is 11.2. The fourth-order valence-electron chi connectivity index (χ4n) is 2.29. The first-order valence-electron chi connectivity index (χ1n) is 5.93. The van der Waals surface area contributed by atoms with E-state index >= 15 is 0 Å². The second kappa shape index (κ2) is 4.88. The number of hydrogen-bond donors (Lipinski definition) is 0. The van der Waals surface area contributed by atoms with E-state index in [2.05, 4.69) is 13.0 Å². The molecule has 90 valence electrons. The molecule has 4 heteroatoms. The summed E-state index contributed by atoms with van der Waals surface area (Å²) < 4.78 is 23.8. The van der Waals surface area contributed by atoms with Crippen molar-refractivity contribution < 1.29 is 8.42 Å². The van der Waals surface area contributed by atoms with Crippen molar-refractivity contribution in [2.75, 3.05) is 5.75 Å². The van der Waals surface area contributed by atoms with Crippen LogP contribution in [-0.2, 0) is 16.3 Å². The number of hydrogen-bond acceptors (Lipinski definition) is 3. The molecule has 1 unspecified atom stereocenters. The van der Waals surface area contributed by atoms with E-state index in [0.717, 1.165) is 37.0 Å². The molecule has 1 aromatic heterocycles. The van der Waals surface area contributed by atoms with E-state index in [-0.39, 0.29) is 5.25 Å². The third kappa shape index (κ3) is 2.33. The average molecular weight is 258 g/mol. The highest BCUT2D eigenvalue weighted by Gasteiger charge is 2.34. The van der Waals surface area contributed by atoms with Crippen molar-refractivity contribution >= 4 is 21.2 Å². The van der Waals surface area contributed by atoms with Crippen LogP contribution in [-0.4, -0.2) is 14.2 Å². The van der Waals surface area contributed by atoms with Gasteiger partial charge in [-0.3, -0.25) is 0 Å². The van der Waals surface area contributed by atoms with Crippen LogP contribution in [0, 0.1) is 0 Å². The predicted octanol–water partition coefficient (Wildman–Crippen LogP) is 3.34. The lowest BCUT2D eigenvalue weighted by molar-refractivity contribution is 0.592. The molecule has 1 saturated heterocycles. The van der Waals surface area contributed by atoms with Crippen molar-refractivity contribution in [3.63, 3.8) is 0 Å². The Morgan fingerprint density at radius 1 is 1.50 bits per heavy atom. The van der Waals surface area contributed by atoms with Gasteiger partial charge >= 0.3 is 0 Å². The van der Waals surface area contributed by atoms with Gasteiger partial charge in [0.05, 0.1) is 11.0 Å². The summed E-state index contributed by atoms with van der Waals surface area (Å²) in [6, 6.07) is 2.10. The third-order valence-electron chi connectivity index (χ3n) is 3.20. The summed E-state index contributed by atoms with van der Waals surface area (Å²) in [7, 11) is -2.85. The molecule has 1 aliphatic heterocycles. The molecule has 0 spiro atoms. The molecule has 0 N–H and O–H groups in total. The van der Waals surface area contributed by atoms with E-state index in [1.165, 1.54) is 5.56 Å². The summed E-state index contributed by atoms with van der Waals surface area (Å²) in [6.07, 6.45) is 4.99. The van der Waals surface area contributed by atoms with Crippen LogP contribution in [0.3, 0.4) is 0 Å². The summed E-state index contributed by atoms with van der Waals surface area (Å²) in [5.41, 5.74) is 1.27. The highest BCUT2D eigenvalue weighted by atomic mass is 32.2. The van der Waals surface area contributed by atoms with Gasteiger partial charge in [-0.15, -0.1) is 11.3 Å². The largest absolute Gasteiger partial charge is 0.228 e. The maximum Gasteiger partial charge on any atom is 0.158 e. The number of aryl methyl sites for hydroxylation is 1. The minimum atomic E-state index is -2.85. The summed E-state index contributed by atoms with van der Waals surface area (Å²) in [5, 5.41) is 1.84. The Morgan fingerprint density at radius 3 is 2.94 bits per heavy atom. The molecule has 0 amide bonds. The lowest BCUT2D eigenvalue weighted by Gasteiger charge is -2.10. The Morgan fingerprint density at radius 2 is 2.31 bits per heavy atom. The van der Waals surface area contributed by atoms with E-state index < -0.39 is 9.84 Å². The van der Waals surface area contributed by atoms with Gasteiger partial charge in [-0.1, -0.05) is 13.3 Å². The van der Waals surface area contributed by atoms with Gasteiger partial charge in [0.2, 0.25) is 0 Å². The van der Waals surface area contributed by atoms with Crippen molar-refractivity contribution in [3.8, 4) is 0 Å². The van der Waals surface area contributed by atoms with Crippen LogP contribution in [0.1, 0.15) is 48.3 Å². The number of sulfone groups is 1.